The molecule has 36 heavy (non-hydrogen) atoms. The lowest BCUT2D eigenvalue weighted by atomic mass is 10.1. The number of nitrogens with zero attached hydrogens (tertiary/aromatic N) is 1. The van der Waals surface area contributed by atoms with Gasteiger partial charge < -0.3 is 16.0 Å². The van der Waals surface area contributed by atoms with E-state index in [0.717, 1.165) is 10.9 Å². The number of benzene rings is 1. The van der Waals surface area contributed by atoms with Crippen molar-refractivity contribution < 1.29 is 41.1 Å². The van der Waals surface area contributed by atoms with Gasteiger partial charge in [-0.1, -0.05) is 36.4 Å². The van der Waals surface area contributed by atoms with Gasteiger partial charge in [0.05, 0.1) is 6.54 Å². The molecule has 194 valence electrons. The third kappa shape index (κ3) is 9.39. The van der Waals surface area contributed by atoms with E-state index in [1.54, 1.807) is 30.3 Å². The summed E-state index contributed by atoms with van der Waals surface area (Å²) in [7, 11) is 0. The number of pyridine rings is 1. The summed E-state index contributed by atoms with van der Waals surface area (Å²) >= 11 is 0. The summed E-state index contributed by atoms with van der Waals surface area (Å²) in [5.41, 5.74) is 1.25. The number of hydrogen-bond acceptors (Lipinski definition) is 5. The van der Waals surface area contributed by atoms with Crippen molar-refractivity contribution in [2.75, 3.05) is 13.1 Å². The normalized spacial score (nSPS) is 12.4. The van der Waals surface area contributed by atoms with Gasteiger partial charge in [0, 0.05) is 24.7 Å². The van der Waals surface area contributed by atoms with E-state index < -0.39 is 54.7 Å². The minimum atomic E-state index is -4.96. The molecule has 1 heterocycles. The fraction of sp³-hybridized carbons (Fsp3) is 0.348. The van der Waals surface area contributed by atoms with Crippen molar-refractivity contribution in [3.8, 4) is 0 Å². The Morgan fingerprint density at radius 1 is 0.889 bits per heavy atom. The summed E-state index contributed by atoms with van der Waals surface area (Å²) < 4.78 is 64.2. The van der Waals surface area contributed by atoms with Gasteiger partial charge in [0.25, 0.3) is 5.91 Å². The van der Waals surface area contributed by atoms with E-state index in [1.807, 2.05) is 23.5 Å². The smallest absolute Gasteiger partial charge is 0.347 e. The first kappa shape index (κ1) is 28.3. The van der Waals surface area contributed by atoms with Crippen molar-refractivity contribution in [1.29, 1.82) is 0 Å². The Kier molecular flexibility index (Phi) is 10.00. The molecule has 1 aromatic carbocycles. The van der Waals surface area contributed by atoms with Crippen LogP contribution in [0.15, 0.2) is 54.7 Å². The van der Waals surface area contributed by atoms with Crippen LogP contribution < -0.4 is 16.0 Å². The largest absolute Gasteiger partial charge is 0.405 e. The maximum Gasteiger partial charge on any atom is 0.405 e. The summed E-state index contributed by atoms with van der Waals surface area (Å²) in [5, 5.41) is 5.29. The SMILES string of the molecule is O=C(CCc1ccccc1)NC(Cc1ccccn1)C(=O)NCC(=O)C(F)(F)C(=O)NCC(F)(F)F. The second-order valence-electron chi connectivity index (χ2n) is 7.64. The Balaban J connectivity index is 2.00. The molecular formula is C23H23F5N4O4. The van der Waals surface area contributed by atoms with Gasteiger partial charge in [0.2, 0.25) is 17.6 Å². The van der Waals surface area contributed by atoms with Gasteiger partial charge in [-0.25, -0.2) is 0 Å². The zero-order chi connectivity index (χ0) is 26.8. The number of Topliss-reactive ketones (excluding diaryl/α,β-unsaturated/α-hetero) is 1. The van der Waals surface area contributed by atoms with Crippen LogP contribution in [0.4, 0.5) is 22.0 Å². The minimum absolute atomic E-state index is 0.00634. The zero-order valence-electron chi connectivity index (χ0n) is 18.8. The average Bonchev–Trinajstić information content (AvgIpc) is 2.84. The first-order chi connectivity index (χ1) is 16.9. The lowest BCUT2D eigenvalue weighted by molar-refractivity contribution is -0.163. The molecule has 1 atom stereocenters. The molecule has 0 spiro atoms. The van der Waals surface area contributed by atoms with Crippen LogP contribution in [0.25, 0.3) is 0 Å². The molecule has 0 fully saturated rings. The number of halogens is 5. The highest BCUT2D eigenvalue weighted by molar-refractivity contribution is 6.09. The molecule has 1 unspecified atom stereocenters. The Labute approximate surface area is 202 Å². The first-order valence-corrected chi connectivity index (χ1v) is 10.7. The Morgan fingerprint density at radius 3 is 2.17 bits per heavy atom. The summed E-state index contributed by atoms with van der Waals surface area (Å²) in [5.74, 6) is -10.9. The van der Waals surface area contributed by atoms with Crippen molar-refractivity contribution in [3.63, 3.8) is 0 Å². The number of carbonyl (C=O) groups excluding carboxylic acids is 4. The predicted octanol–water partition coefficient (Wildman–Crippen LogP) is 1.74. The van der Waals surface area contributed by atoms with E-state index in [-0.39, 0.29) is 12.8 Å². The van der Waals surface area contributed by atoms with Crippen LogP contribution in [0, 0.1) is 0 Å². The Bertz CT molecular complexity index is 1050. The molecule has 8 nitrogen and oxygen atoms in total. The molecule has 0 aliphatic carbocycles. The Hall–Kier alpha value is -3.90. The van der Waals surface area contributed by atoms with Crippen LogP contribution in [-0.2, 0) is 32.0 Å². The summed E-state index contributed by atoms with van der Waals surface area (Å²) in [6, 6.07) is 12.5. The van der Waals surface area contributed by atoms with Crippen LogP contribution >= 0.6 is 0 Å². The highest BCUT2D eigenvalue weighted by atomic mass is 19.4. The van der Waals surface area contributed by atoms with Gasteiger partial charge in [-0.15, -0.1) is 0 Å². The van der Waals surface area contributed by atoms with Crippen molar-refractivity contribution in [2.24, 2.45) is 0 Å². The topological polar surface area (TPSA) is 117 Å². The fourth-order valence-electron chi connectivity index (χ4n) is 2.93. The standard InChI is InChI=1S/C23H23F5N4O4/c24-22(25,26)14-31-21(36)23(27,28)18(33)13-30-20(35)17(12-16-8-4-5-11-29-16)32-19(34)10-9-15-6-2-1-3-7-15/h1-8,11,17H,9-10,12-14H2,(H,30,35)(H,31,36)(H,32,34). The number of nitrogens with one attached hydrogen (secondary N) is 3. The molecule has 0 radical (unpaired) electrons. The van der Waals surface area contributed by atoms with Crippen LogP contribution in [-0.4, -0.2) is 59.7 Å². The second kappa shape index (κ2) is 12.7. The average molecular weight is 514 g/mol. The first-order valence-electron chi connectivity index (χ1n) is 10.7. The molecule has 13 heteroatoms. The summed E-state index contributed by atoms with van der Waals surface area (Å²) in [6.07, 6.45) is -3.29. The van der Waals surface area contributed by atoms with Gasteiger partial charge in [-0.2, -0.15) is 22.0 Å². The maximum atomic E-state index is 13.9. The van der Waals surface area contributed by atoms with Gasteiger partial charge in [-0.05, 0) is 24.1 Å². The van der Waals surface area contributed by atoms with Gasteiger partial charge in [-0.3, -0.25) is 24.2 Å². The third-order valence-electron chi connectivity index (χ3n) is 4.78. The monoisotopic (exact) mass is 514 g/mol. The number of rotatable bonds is 12. The highest BCUT2D eigenvalue weighted by Gasteiger charge is 2.47. The Morgan fingerprint density at radius 2 is 1.56 bits per heavy atom. The summed E-state index contributed by atoms with van der Waals surface area (Å²) in [6.45, 7) is -3.41. The van der Waals surface area contributed by atoms with Crippen molar-refractivity contribution >= 4 is 23.5 Å². The number of aryl methyl sites for hydroxylation is 1. The van der Waals surface area contributed by atoms with E-state index >= 15 is 0 Å². The predicted molar refractivity (Wildman–Crippen MR) is 117 cm³/mol. The molecule has 0 bridgehead atoms. The number of hydrogen-bond donors (Lipinski definition) is 3. The molecule has 0 saturated carbocycles. The molecule has 0 saturated heterocycles. The van der Waals surface area contributed by atoms with Crippen molar-refractivity contribution in [1.82, 2.24) is 20.9 Å². The quantitative estimate of drug-likeness (QED) is 0.295. The van der Waals surface area contributed by atoms with Gasteiger partial charge >= 0.3 is 12.1 Å². The number of alkyl halides is 5. The minimum Gasteiger partial charge on any atom is -0.347 e. The number of ketones is 1. The highest BCUT2D eigenvalue weighted by Crippen LogP contribution is 2.17. The number of aromatic nitrogens is 1. The molecule has 2 rings (SSSR count). The molecule has 1 aromatic heterocycles. The lowest BCUT2D eigenvalue weighted by Gasteiger charge is -2.20. The van der Waals surface area contributed by atoms with E-state index in [4.69, 9.17) is 0 Å². The maximum absolute atomic E-state index is 13.9. The number of amides is 3. The van der Waals surface area contributed by atoms with Crippen molar-refractivity contribution in [2.45, 2.75) is 37.4 Å². The van der Waals surface area contributed by atoms with E-state index in [1.165, 1.54) is 6.20 Å². The van der Waals surface area contributed by atoms with Crippen molar-refractivity contribution in [3.05, 3.63) is 66.0 Å². The molecule has 3 N–H and O–H groups in total. The van der Waals surface area contributed by atoms with Crippen LogP contribution in [0.3, 0.4) is 0 Å². The lowest BCUT2D eigenvalue weighted by Crippen LogP contribution is -2.54. The van der Waals surface area contributed by atoms with Crippen LogP contribution in [0.5, 0.6) is 0 Å². The van der Waals surface area contributed by atoms with E-state index in [0.29, 0.717) is 12.1 Å². The summed E-state index contributed by atoms with van der Waals surface area (Å²) in [4.78, 5) is 52.2. The van der Waals surface area contributed by atoms with Crippen LogP contribution in [0.1, 0.15) is 17.7 Å². The molecule has 2 aromatic rings. The molecule has 3 amide bonds. The third-order valence-corrected chi connectivity index (χ3v) is 4.78. The number of carbonyl (C=O) groups is 4. The fourth-order valence-corrected chi connectivity index (χ4v) is 2.93. The molecule has 0 aliphatic heterocycles. The van der Waals surface area contributed by atoms with Crippen LogP contribution in [0.2, 0.25) is 0 Å². The molecule has 0 aliphatic rings. The van der Waals surface area contributed by atoms with Gasteiger partial charge in [0.15, 0.2) is 0 Å². The van der Waals surface area contributed by atoms with E-state index in [9.17, 15) is 41.1 Å². The second-order valence-corrected chi connectivity index (χ2v) is 7.64. The van der Waals surface area contributed by atoms with Gasteiger partial charge in [0.1, 0.15) is 12.6 Å². The van der Waals surface area contributed by atoms with E-state index in [2.05, 4.69) is 10.3 Å². The zero-order valence-corrected chi connectivity index (χ0v) is 18.8. The molecular weight excluding hydrogens is 491 g/mol.